The van der Waals surface area contributed by atoms with Crippen LogP contribution >= 0.6 is 0 Å². The maximum Gasteiger partial charge on any atom is 0.311 e. The van der Waals surface area contributed by atoms with Crippen molar-refractivity contribution in [2.75, 3.05) is 11.5 Å². The number of amides is 1. The van der Waals surface area contributed by atoms with Crippen LogP contribution in [0.3, 0.4) is 0 Å². The lowest BCUT2D eigenvalue weighted by Gasteiger charge is -2.16. The van der Waals surface area contributed by atoms with E-state index >= 15 is 0 Å². The van der Waals surface area contributed by atoms with Crippen LogP contribution in [0.1, 0.15) is 30.0 Å². The first kappa shape index (κ1) is 18.4. The van der Waals surface area contributed by atoms with E-state index in [9.17, 15) is 18.0 Å². The monoisotopic (exact) mass is 353 g/mol. The molecular weight excluding hydrogens is 330 g/mol. The van der Waals surface area contributed by atoms with E-state index in [2.05, 4.69) is 5.32 Å². The van der Waals surface area contributed by atoms with Crippen LogP contribution in [0.25, 0.3) is 0 Å². The maximum atomic E-state index is 12.0. The van der Waals surface area contributed by atoms with Gasteiger partial charge in [0.25, 0.3) is 5.91 Å². The third-order valence-electron chi connectivity index (χ3n) is 4.18. The summed E-state index contributed by atoms with van der Waals surface area (Å²) in [4.78, 5) is 24.0. The minimum Gasteiger partial charge on any atom is -0.452 e. The van der Waals surface area contributed by atoms with E-state index in [1.54, 1.807) is 0 Å². The van der Waals surface area contributed by atoms with E-state index in [4.69, 9.17) is 4.74 Å². The molecule has 1 saturated heterocycles. The summed E-state index contributed by atoms with van der Waals surface area (Å²) in [7, 11) is -3.06. The van der Waals surface area contributed by atoms with Crippen LogP contribution in [-0.4, -0.2) is 43.9 Å². The van der Waals surface area contributed by atoms with Gasteiger partial charge >= 0.3 is 5.97 Å². The van der Waals surface area contributed by atoms with E-state index in [0.717, 1.165) is 16.7 Å². The van der Waals surface area contributed by atoms with E-state index in [1.165, 1.54) is 6.92 Å². The van der Waals surface area contributed by atoms with E-state index < -0.39 is 33.9 Å². The Hall–Kier alpha value is -1.89. The van der Waals surface area contributed by atoms with Gasteiger partial charge in [-0.1, -0.05) is 18.2 Å². The molecule has 1 aromatic carbocycles. The number of hydrogen-bond acceptors (Lipinski definition) is 5. The van der Waals surface area contributed by atoms with Crippen LogP contribution in [0, 0.1) is 13.8 Å². The van der Waals surface area contributed by atoms with Crippen LogP contribution in [0.15, 0.2) is 18.2 Å². The summed E-state index contributed by atoms with van der Waals surface area (Å²) in [6.07, 6.45) is -0.458. The minimum atomic E-state index is -3.06. The van der Waals surface area contributed by atoms with Gasteiger partial charge in [0, 0.05) is 6.04 Å². The van der Waals surface area contributed by atoms with Crippen molar-refractivity contribution in [3.8, 4) is 0 Å². The molecule has 1 amide bonds. The molecule has 0 aromatic heterocycles. The van der Waals surface area contributed by atoms with Crippen LogP contribution in [-0.2, 0) is 30.6 Å². The first-order chi connectivity index (χ1) is 11.2. The third-order valence-corrected chi connectivity index (χ3v) is 5.94. The second kappa shape index (κ2) is 7.34. The highest BCUT2D eigenvalue weighted by Gasteiger charge is 2.30. The molecular formula is C17H23NO5S. The molecule has 1 aliphatic rings. The average molecular weight is 353 g/mol. The Morgan fingerprint density at radius 1 is 1.29 bits per heavy atom. The highest BCUT2D eigenvalue weighted by atomic mass is 32.2. The van der Waals surface area contributed by atoms with Crippen molar-refractivity contribution in [1.29, 1.82) is 0 Å². The number of hydrogen-bond donors (Lipinski definition) is 1. The van der Waals surface area contributed by atoms with Gasteiger partial charge in [-0.3, -0.25) is 9.59 Å². The molecule has 0 radical (unpaired) electrons. The summed E-state index contributed by atoms with van der Waals surface area (Å²) in [5, 5.41) is 2.62. The SMILES string of the molecule is Cc1ccc(CC(=O)O[C@H](C)C(=O)N[C@@H]2CCS(=O)(=O)C2)cc1C. The number of sulfone groups is 1. The second-order valence-corrected chi connectivity index (χ2v) is 8.56. The Labute approximate surface area is 142 Å². The van der Waals surface area contributed by atoms with Gasteiger partial charge in [-0.25, -0.2) is 8.42 Å². The molecule has 6 nitrogen and oxygen atoms in total. The lowest BCUT2D eigenvalue weighted by atomic mass is 10.0. The number of nitrogens with one attached hydrogen (secondary N) is 1. The first-order valence-electron chi connectivity index (χ1n) is 7.93. The Morgan fingerprint density at radius 3 is 2.58 bits per heavy atom. The molecule has 2 rings (SSSR count). The van der Waals surface area contributed by atoms with E-state index in [0.29, 0.717) is 6.42 Å². The highest BCUT2D eigenvalue weighted by molar-refractivity contribution is 7.91. The molecule has 0 spiro atoms. The number of rotatable bonds is 5. The number of esters is 1. The van der Waals surface area contributed by atoms with Crippen molar-refractivity contribution in [1.82, 2.24) is 5.32 Å². The quantitative estimate of drug-likeness (QED) is 0.800. The van der Waals surface area contributed by atoms with Gasteiger partial charge < -0.3 is 10.1 Å². The van der Waals surface area contributed by atoms with Gasteiger partial charge in [-0.2, -0.15) is 0 Å². The summed E-state index contributed by atoms with van der Waals surface area (Å²) < 4.78 is 27.9. The smallest absolute Gasteiger partial charge is 0.311 e. The van der Waals surface area contributed by atoms with Crippen molar-refractivity contribution in [2.24, 2.45) is 0 Å². The summed E-state index contributed by atoms with van der Waals surface area (Å²) in [5.41, 5.74) is 3.07. The average Bonchev–Trinajstić information content (AvgIpc) is 2.81. The molecule has 1 aliphatic heterocycles. The zero-order valence-corrected chi connectivity index (χ0v) is 15.0. The Balaban J connectivity index is 1.84. The largest absolute Gasteiger partial charge is 0.452 e. The fourth-order valence-electron chi connectivity index (χ4n) is 2.60. The molecule has 24 heavy (non-hydrogen) atoms. The summed E-state index contributed by atoms with van der Waals surface area (Å²) >= 11 is 0. The highest BCUT2D eigenvalue weighted by Crippen LogP contribution is 2.13. The molecule has 7 heteroatoms. The molecule has 132 valence electrons. The molecule has 1 fully saturated rings. The summed E-state index contributed by atoms with van der Waals surface area (Å²) in [5.74, 6) is -0.925. The third kappa shape index (κ3) is 5.06. The van der Waals surface area contributed by atoms with Crippen LogP contribution in [0.5, 0.6) is 0 Å². The summed E-state index contributed by atoms with van der Waals surface area (Å²) in [6.45, 7) is 5.44. The van der Waals surface area contributed by atoms with Gasteiger partial charge in [-0.15, -0.1) is 0 Å². The fourth-order valence-corrected chi connectivity index (χ4v) is 4.27. The lowest BCUT2D eigenvalue weighted by molar-refractivity contribution is -0.154. The Bertz CT molecular complexity index is 741. The van der Waals surface area contributed by atoms with Crippen molar-refractivity contribution < 1.29 is 22.7 Å². The molecule has 1 aromatic rings. The Morgan fingerprint density at radius 2 is 2.00 bits per heavy atom. The molecule has 0 aliphatic carbocycles. The molecule has 1 heterocycles. The second-order valence-electron chi connectivity index (χ2n) is 6.34. The Kier molecular flexibility index (Phi) is 5.64. The van der Waals surface area contributed by atoms with Crippen molar-refractivity contribution in [3.63, 3.8) is 0 Å². The predicted octanol–water partition coefficient (Wildman–Crippen LogP) is 1.08. The maximum absolute atomic E-state index is 12.0. The normalized spacial score (nSPS) is 20.4. The van der Waals surface area contributed by atoms with E-state index in [-0.39, 0.29) is 17.9 Å². The van der Waals surface area contributed by atoms with Crippen LogP contribution in [0.4, 0.5) is 0 Å². The number of carbonyl (C=O) groups excluding carboxylic acids is 2. The van der Waals surface area contributed by atoms with Gasteiger partial charge in [0.1, 0.15) is 0 Å². The van der Waals surface area contributed by atoms with Gasteiger partial charge in [0.2, 0.25) is 0 Å². The number of carbonyl (C=O) groups is 2. The molecule has 0 bridgehead atoms. The topological polar surface area (TPSA) is 89.5 Å². The molecule has 1 N–H and O–H groups in total. The van der Waals surface area contributed by atoms with Gasteiger partial charge in [-0.05, 0) is 43.9 Å². The summed E-state index contributed by atoms with van der Waals surface area (Å²) in [6, 6.07) is 5.32. The van der Waals surface area contributed by atoms with E-state index in [1.807, 2.05) is 32.0 Å². The zero-order valence-electron chi connectivity index (χ0n) is 14.2. The first-order valence-corrected chi connectivity index (χ1v) is 9.75. The van der Waals surface area contributed by atoms with Crippen LogP contribution < -0.4 is 5.32 Å². The minimum absolute atomic E-state index is 0.0535. The number of ether oxygens (including phenoxy) is 1. The lowest BCUT2D eigenvalue weighted by Crippen LogP contribution is -2.42. The van der Waals surface area contributed by atoms with Crippen LogP contribution in [0.2, 0.25) is 0 Å². The standard InChI is InChI=1S/C17H23NO5S/c1-11-4-5-14(8-12(11)2)9-16(19)23-13(3)17(20)18-15-6-7-24(21,22)10-15/h4-5,8,13,15H,6-7,9-10H2,1-3H3,(H,18,20)/t13-,15-/m1/s1. The predicted molar refractivity (Wildman–Crippen MR) is 90.4 cm³/mol. The van der Waals surface area contributed by atoms with Gasteiger partial charge in [0.15, 0.2) is 15.9 Å². The van der Waals surface area contributed by atoms with Crippen molar-refractivity contribution in [2.45, 2.75) is 45.8 Å². The van der Waals surface area contributed by atoms with Crippen molar-refractivity contribution >= 4 is 21.7 Å². The molecule has 0 saturated carbocycles. The van der Waals surface area contributed by atoms with Crippen molar-refractivity contribution in [3.05, 3.63) is 34.9 Å². The molecule has 2 atom stereocenters. The molecule has 0 unspecified atom stereocenters. The zero-order chi connectivity index (χ0) is 17.9. The van der Waals surface area contributed by atoms with Gasteiger partial charge in [0.05, 0.1) is 17.9 Å². The number of aryl methyl sites for hydroxylation is 2. The fraction of sp³-hybridized carbons (Fsp3) is 0.529. The number of benzene rings is 1.